The Bertz CT molecular complexity index is 913. The maximum absolute atomic E-state index is 12.8. The molecule has 0 amide bonds. The highest BCUT2D eigenvalue weighted by Gasteiger charge is 2.21. The summed E-state index contributed by atoms with van der Waals surface area (Å²) in [6.07, 6.45) is 6.23. The van der Waals surface area contributed by atoms with Crippen LogP contribution in [0.5, 0.6) is 0 Å². The van der Waals surface area contributed by atoms with Gasteiger partial charge in [-0.05, 0) is 44.2 Å². The Morgan fingerprint density at radius 3 is 2.09 bits per heavy atom. The van der Waals surface area contributed by atoms with Crippen molar-refractivity contribution >= 4 is 17.7 Å². The third-order valence-electron chi connectivity index (χ3n) is 5.90. The quantitative estimate of drug-likeness (QED) is 0.451. The van der Waals surface area contributed by atoms with Crippen molar-refractivity contribution in [2.45, 2.75) is 58.0 Å². The largest absolute Gasteiger partial charge is 0.545 e. The first-order valence-corrected chi connectivity index (χ1v) is 11.4. The van der Waals surface area contributed by atoms with Gasteiger partial charge < -0.3 is 19.9 Å². The normalized spacial score (nSPS) is 14.6. The lowest BCUT2D eigenvalue weighted by atomic mass is 9.96. The summed E-state index contributed by atoms with van der Waals surface area (Å²) in [5.41, 5.74) is 3.55. The molecule has 0 aromatic heterocycles. The molecule has 2 aromatic carbocycles. The van der Waals surface area contributed by atoms with E-state index >= 15 is 0 Å². The minimum Gasteiger partial charge on any atom is -0.545 e. The molecule has 6 nitrogen and oxygen atoms in total. The Kier molecular flexibility index (Phi) is 10.5. The van der Waals surface area contributed by atoms with E-state index in [1.54, 1.807) is 0 Å². The first-order chi connectivity index (χ1) is 15.8. The topological polar surface area (TPSA) is 98.9 Å². The summed E-state index contributed by atoms with van der Waals surface area (Å²) in [6, 6.07) is 19.3. The highest BCUT2D eigenvalue weighted by atomic mass is 16.4. The summed E-state index contributed by atoms with van der Waals surface area (Å²) in [6.45, 7) is 5.82. The van der Waals surface area contributed by atoms with Crippen molar-refractivity contribution in [2.75, 3.05) is 6.54 Å². The molecule has 0 bridgehead atoms. The predicted molar refractivity (Wildman–Crippen MR) is 125 cm³/mol. The van der Waals surface area contributed by atoms with Gasteiger partial charge in [0.25, 0.3) is 0 Å². The minimum atomic E-state index is -1.51. The van der Waals surface area contributed by atoms with Gasteiger partial charge in [0.05, 0.1) is 12.0 Å². The van der Waals surface area contributed by atoms with Crippen molar-refractivity contribution in [3.63, 3.8) is 0 Å². The van der Waals surface area contributed by atoms with Gasteiger partial charge in [-0.1, -0.05) is 67.4 Å². The van der Waals surface area contributed by atoms with E-state index < -0.39 is 11.9 Å². The lowest BCUT2D eigenvalue weighted by Crippen LogP contribution is -3.14. The maximum Gasteiger partial charge on any atom is 0.328 e. The van der Waals surface area contributed by atoms with Crippen LogP contribution in [0.4, 0.5) is 0 Å². The Labute approximate surface area is 195 Å². The predicted octanol–water partition coefficient (Wildman–Crippen LogP) is 2.40. The first kappa shape index (κ1) is 26.0. The highest BCUT2D eigenvalue weighted by Crippen LogP contribution is 2.33. The van der Waals surface area contributed by atoms with Crippen molar-refractivity contribution in [3.8, 4) is 0 Å². The van der Waals surface area contributed by atoms with Crippen molar-refractivity contribution in [3.05, 3.63) is 83.4 Å². The number of benzene rings is 2. The van der Waals surface area contributed by atoms with Crippen LogP contribution in [0.25, 0.3) is 0 Å². The van der Waals surface area contributed by atoms with Gasteiger partial charge in [-0.2, -0.15) is 0 Å². The number of hydrogen-bond acceptors (Lipinski definition) is 4. The van der Waals surface area contributed by atoms with Gasteiger partial charge in [0, 0.05) is 17.2 Å². The molecule has 1 unspecified atom stereocenters. The summed E-state index contributed by atoms with van der Waals surface area (Å²) in [5.74, 6) is -1.85. The maximum atomic E-state index is 12.8. The SMILES string of the molecule is CC(C)[NH+](CC(=O)c1ccc(C2CCCC2)cc1)Cc1ccccc1.O=C([O-])/C=C\C(=O)O. The van der Waals surface area contributed by atoms with Crippen LogP contribution in [0.1, 0.15) is 66.9 Å². The van der Waals surface area contributed by atoms with Crippen molar-refractivity contribution < 1.29 is 29.5 Å². The van der Waals surface area contributed by atoms with E-state index in [1.165, 1.54) is 41.7 Å². The summed E-state index contributed by atoms with van der Waals surface area (Å²) < 4.78 is 0. The van der Waals surface area contributed by atoms with E-state index in [4.69, 9.17) is 5.11 Å². The number of ketones is 1. The summed E-state index contributed by atoms with van der Waals surface area (Å²) in [5, 5.41) is 17.2. The zero-order valence-corrected chi connectivity index (χ0v) is 19.3. The van der Waals surface area contributed by atoms with Crippen LogP contribution in [-0.2, 0) is 16.1 Å². The number of hydrogen-bond donors (Lipinski definition) is 2. The summed E-state index contributed by atoms with van der Waals surface area (Å²) in [7, 11) is 0. The average molecular weight is 452 g/mol. The van der Waals surface area contributed by atoms with Crippen LogP contribution in [0, 0.1) is 0 Å². The minimum absolute atomic E-state index is 0.248. The van der Waals surface area contributed by atoms with Gasteiger partial charge >= 0.3 is 5.97 Å². The standard InChI is InChI=1S/C23H29NO.C4H4O4/c1-18(2)24(16-19-8-4-3-5-9-19)17-23(25)22-14-12-21(13-15-22)20-10-6-7-11-20;5-3(6)1-2-4(7)8/h3-5,8-9,12-15,18,20H,6-7,10-11,16-17H2,1-2H3;1-2H,(H,5,6)(H,7,8)/b;2-1-. The van der Waals surface area contributed by atoms with Crippen molar-refractivity contribution in [2.24, 2.45) is 0 Å². The lowest BCUT2D eigenvalue weighted by Gasteiger charge is -2.23. The number of carbonyl (C=O) groups is 3. The van der Waals surface area contributed by atoms with E-state index in [0.717, 1.165) is 12.1 Å². The Morgan fingerprint density at radius 1 is 1.00 bits per heavy atom. The number of carbonyl (C=O) groups excluding carboxylic acids is 2. The summed E-state index contributed by atoms with van der Waals surface area (Å²) >= 11 is 0. The van der Waals surface area contributed by atoms with Gasteiger partial charge in [0.15, 0.2) is 0 Å². The number of quaternary nitrogens is 1. The Morgan fingerprint density at radius 2 is 1.61 bits per heavy atom. The molecule has 0 radical (unpaired) electrons. The zero-order valence-electron chi connectivity index (χ0n) is 19.3. The molecule has 176 valence electrons. The molecule has 0 spiro atoms. The van der Waals surface area contributed by atoms with Crippen LogP contribution in [0.3, 0.4) is 0 Å². The third kappa shape index (κ3) is 9.41. The van der Waals surface area contributed by atoms with E-state index in [2.05, 4.69) is 50.2 Å². The fourth-order valence-electron chi connectivity index (χ4n) is 3.98. The van der Waals surface area contributed by atoms with E-state index in [0.29, 0.717) is 30.7 Å². The molecule has 0 aliphatic heterocycles. The second kappa shape index (κ2) is 13.3. The highest BCUT2D eigenvalue weighted by molar-refractivity contribution is 5.96. The first-order valence-electron chi connectivity index (χ1n) is 11.4. The molecule has 2 N–H and O–H groups in total. The number of carboxylic acid groups (broad SMARTS) is 2. The fourth-order valence-corrected chi connectivity index (χ4v) is 3.98. The van der Waals surface area contributed by atoms with Crippen LogP contribution in [0.15, 0.2) is 66.7 Å². The molecule has 1 saturated carbocycles. The molecule has 33 heavy (non-hydrogen) atoms. The number of Topliss-reactive ketones (excluding diaryl/α,β-unsaturated/α-hetero) is 1. The third-order valence-corrected chi connectivity index (χ3v) is 5.90. The van der Waals surface area contributed by atoms with Gasteiger partial charge in [-0.25, -0.2) is 4.79 Å². The molecule has 1 aliphatic carbocycles. The van der Waals surface area contributed by atoms with Gasteiger partial charge in [-0.15, -0.1) is 0 Å². The van der Waals surface area contributed by atoms with E-state index in [1.807, 2.05) is 18.2 Å². The molecular weight excluding hydrogens is 418 g/mol. The number of nitrogens with one attached hydrogen (secondary N) is 1. The molecule has 6 heteroatoms. The summed E-state index contributed by atoms with van der Waals surface area (Å²) in [4.78, 5) is 33.0. The molecule has 3 rings (SSSR count). The Balaban J connectivity index is 0.000000414. The molecule has 2 aromatic rings. The van der Waals surface area contributed by atoms with Crippen LogP contribution < -0.4 is 10.0 Å². The van der Waals surface area contributed by atoms with Gasteiger partial charge in [0.1, 0.15) is 13.1 Å². The molecule has 1 aliphatic rings. The number of rotatable bonds is 9. The number of aliphatic carboxylic acids is 2. The second-order valence-corrected chi connectivity index (χ2v) is 8.67. The van der Waals surface area contributed by atoms with Gasteiger partial charge in [0.2, 0.25) is 5.78 Å². The molecule has 1 fully saturated rings. The zero-order chi connectivity index (χ0) is 24.2. The van der Waals surface area contributed by atoms with Crippen LogP contribution >= 0.6 is 0 Å². The number of carboxylic acids is 2. The van der Waals surface area contributed by atoms with Crippen LogP contribution in [-0.4, -0.2) is 35.4 Å². The van der Waals surface area contributed by atoms with Crippen molar-refractivity contribution in [1.29, 1.82) is 0 Å². The molecule has 0 heterocycles. The molecular formula is C27H33NO5. The second-order valence-electron chi connectivity index (χ2n) is 8.67. The fraction of sp³-hybridized carbons (Fsp3) is 0.370. The Hall–Kier alpha value is -3.25. The van der Waals surface area contributed by atoms with E-state index in [-0.39, 0.29) is 5.78 Å². The van der Waals surface area contributed by atoms with E-state index in [9.17, 15) is 19.5 Å². The van der Waals surface area contributed by atoms with Crippen molar-refractivity contribution in [1.82, 2.24) is 0 Å². The smallest absolute Gasteiger partial charge is 0.328 e. The average Bonchev–Trinajstić information content (AvgIpc) is 3.33. The van der Waals surface area contributed by atoms with Gasteiger partial charge in [-0.3, -0.25) is 4.79 Å². The monoisotopic (exact) mass is 451 g/mol. The molecule has 1 atom stereocenters. The lowest BCUT2D eigenvalue weighted by molar-refractivity contribution is -0.926. The molecule has 0 saturated heterocycles. The van der Waals surface area contributed by atoms with Crippen LogP contribution in [0.2, 0.25) is 0 Å².